The summed E-state index contributed by atoms with van der Waals surface area (Å²) in [5.41, 5.74) is 4.31. The summed E-state index contributed by atoms with van der Waals surface area (Å²) >= 11 is 2.82. The van der Waals surface area contributed by atoms with Gasteiger partial charge in [-0.2, -0.15) is 13.2 Å². The van der Waals surface area contributed by atoms with Crippen LogP contribution in [0.25, 0.3) is 0 Å². The van der Waals surface area contributed by atoms with E-state index in [1.54, 1.807) is 0 Å². The maximum atomic E-state index is 13.0. The van der Waals surface area contributed by atoms with Gasteiger partial charge >= 0.3 is 6.18 Å². The monoisotopic (exact) mass is 307 g/mol. The Morgan fingerprint density at radius 1 is 1.27 bits per heavy atom. The van der Waals surface area contributed by atoms with Crippen LogP contribution in [0.1, 0.15) is 11.6 Å². The third-order valence-electron chi connectivity index (χ3n) is 1.66. The minimum atomic E-state index is -4.65. The first kappa shape index (κ1) is 14.7. The van der Waals surface area contributed by atoms with Crippen molar-refractivity contribution in [1.29, 1.82) is 0 Å². The maximum Gasteiger partial charge on any atom is 0.407 e. The summed E-state index contributed by atoms with van der Waals surface area (Å²) in [7, 11) is 0. The third kappa shape index (κ3) is 3.32. The molecule has 1 aromatic rings. The Morgan fingerprint density at radius 2 is 1.80 bits per heavy atom. The quantitative estimate of drug-likeness (QED) is 0.789. The number of alkyl halides is 3. The lowest BCUT2D eigenvalue weighted by Crippen LogP contribution is -2.29. The molecule has 0 spiro atoms. The Hall–Kier alpha value is -0.330. The van der Waals surface area contributed by atoms with Crippen LogP contribution in [0.4, 0.5) is 17.6 Å². The summed E-state index contributed by atoms with van der Waals surface area (Å²) in [5, 5.41) is 0. The zero-order chi connectivity index (χ0) is 10.9. The lowest BCUT2D eigenvalue weighted by Gasteiger charge is -2.17. The molecule has 1 rings (SSSR count). The molecule has 0 amide bonds. The number of hydrogen-bond acceptors (Lipinski definition) is 1. The highest BCUT2D eigenvalue weighted by Crippen LogP contribution is 2.35. The van der Waals surface area contributed by atoms with Crippen LogP contribution in [0.15, 0.2) is 22.7 Å². The van der Waals surface area contributed by atoms with E-state index in [9.17, 15) is 17.6 Å². The van der Waals surface area contributed by atoms with Crippen molar-refractivity contribution in [3.63, 3.8) is 0 Å². The molecular weight excluding hydrogens is 301 g/mol. The highest BCUT2D eigenvalue weighted by Gasteiger charge is 2.40. The Bertz CT molecular complexity index is 322. The first-order valence-electron chi connectivity index (χ1n) is 3.60. The van der Waals surface area contributed by atoms with Gasteiger partial charge in [0.05, 0.1) is 0 Å². The van der Waals surface area contributed by atoms with Crippen molar-refractivity contribution in [1.82, 2.24) is 0 Å². The lowest BCUT2D eigenvalue weighted by molar-refractivity contribution is -0.149. The van der Waals surface area contributed by atoms with Crippen LogP contribution < -0.4 is 5.73 Å². The average molecular weight is 308 g/mol. The zero-order valence-corrected chi connectivity index (χ0v) is 9.59. The van der Waals surface area contributed by atoms with Crippen LogP contribution >= 0.6 is 28.3 Å². The van der Waals surface area contributed by atoms with E-state index in [1.165, 1.54) is 12.1 Å². The summed E-state index contributed by atoms with van der Waals surface area (Å²) in [6, 6.07) is 1.24. The van der Waals surface area contributed by atoms with E-state index in [-0.39, 0.29) is 16.9 Å². The summed E-state index contributed by atoms with van der Waals surface area (Å²) in [5.74, 6) is -0.968. The molecule has 2 N–H and O–H groups in total. The standard InChI is InChI=1S/C8H6BrF4N.ClH/c9-4-2-1-3-5(10)6(4)7(14)8(11,12)13;/h1-3,7H,14H2;1H/t7-;/m1./s1. The molecule has 0 heterocycles. The zero-order valence-electron chi connectivity index (χ0n) is 7.18. The molecule has 0 unspecified atom stereocenters. The molecule has 0 fully saturated rings. The van der Waals surface area contributed by atoms with E-state index in [0.29, 0.717) is 0 Å². The summed E-state index contributed by atoms with van der Waals surface area (Å²) in [4.78, 5) is 0. The van der Waals surface area contributed by atoms with E-state index in [2.05, 4.69) is 15.9 Å². The van der Waals surface area contributed by atoms with Crippen molar-refractivity contribution in [3.8, 4) is 0 Å². The van der Waals surface area contributed by atoms with Gasteiger partial charge in [0.25, 0.3) is 0 Å². The van der Waals surface area contributed by atoms with Gasteiger partial charge in [-0.25, -0.2) is 4.39 Å². The minimum absolute atomic E-state index is 0. The van der Waals surface area contributed by atoms with Gasteiger partial charge in [-0.1, -0.05) is 22.0 Å². The molecule has 0 radical (unpaired) electrons. The Balaban J connectivity index is 0.00000196. The van der Waals surface area contributed by atoms with Gasteiger partial charge in [-0.3, -0.25) is 0 Å². The van der Waals surface area contributed by atoms with E-state index in [1.807, 2.05) is 0 Å². The fourth-order valence-electron chi connectivity index (χ4n) is 0.971. The van der Waals surface area contributed by atoms with Crippen molar-refractivity contribution in [3.05, 3.63) is 34.1 Å². The van der Waals surface area contributed by atoms with Crippen LogP contribution in [-0.2, 0) is 0 Å². The van der Waals surface area contributed by atoms with Gasteiger partial charge in [0.1, 0.15) is 11.9 Å². The van der Waals surface area contributed by atoms with Crippen molar-refractivity contribution < 1.29 is 17.6 Å². The maximum absolute atomic E-state index is 13.0. The normalized spacial score (nSPS) is 13.2. The van der Waals surface area contributed by atoms with Gasteiger partial charge in [0.2, 0.25) is 0 Å². The molecule has 0 aliphatic carbocycles. The molecule has 1 aromatic carbocycles. The van der Waals surface area contributed by atoms with E-state index in [0.717, 1.165) is 6.07 Å². The molecule has 0 bridgehead atoms. The summed E-state index contributed by atoms with van der Waals surface area (Å²) < 4.78 is 49.6. The smallest absolute Gasteiger partial charge is 0.316 e. The number of hydrogen-bond donors (Lipinski definition) is 1. The predicted molar refractivity (Wildman–Crippen MR) is 54.3 cm³/mol. The van der Waals surface area contributed by atoms with Crippen LogP contribution in [0, 0.1) is 5.82 Å². The second kappa shape index (κ2) is 5.14. The predicted octanol–water partition coefficient (Wildman–Crippen LogP) is 3.57. The highest BCUT2D eigenvalue weighted by atomic mass is 79.9. The fraction of sp³-hybridized carbons (Fsp3) is 0.250. The Kier molecular flexibility index (Phi) is 5.02. The summed E-state index contributed by atoms with van der Waals surface area (Å²) in [6.07, 6.45) is -4.65. The molecule has 0 aromatic heterocycles. The van der Waals surface area contributed by atoms with Crippen molar-refractivity contribution in [2.24, 2.45) is 5.73 Å². The molecule has 86 valence electrons. The molecule has 15 heavy (non-hydrogen) atoms. The number of rotatable bonds is 1. The van der Waals surface area contributed by atoms with E-state index in [4.69, 9.17) is 5.73 Å². The van der Waals surface area contributed by atoms with Crippen molar-refractivity contribution in [2.45, 2.75) is 12.2 Å². The Morgan fingerprint density at radius 3 is 2.20 bits per heavy atom. The molecule has 7 heteroatoms. The number of halogens is 6. The molecular formula is C8H7BrClF4N. The van der Waals surface area contributed by atoms with Gasteiger partial charge in [0.15, 0.2) is 0 Å². The molecule has 0 aliphatic rings. The molecule has 1 nitrogen and oxygen atoms in total. The molecule has 0 saturated carbocycles. The van der Waals surface area contributed by atoms with Crippen LogP contribution in [0.3, 0.4) is 0 Å². The van der Waals surface area contributed by atoms with Gasteiger partial charge in [-0.15, -0.1) is 12.4 Å². The van der Waals surface area contributed by atoms with Crippen LogP contribution in [0.5, 0.6) is 0 Å². The largest absolute Gasteiger partial charge is 0.407 e. The van der Waals surface area contributed by atoms with E-state index < -0.39 is 23.6 Å². The van der Waals surface area contributed by atoms with Crippen LogP contribution in [-0.4, -0.2) is 6.18 Å². The van der Waals surface area contributed by atoms with Gasteiger partial charge in [0, 0.05) is 10.0 Å². The number of benzene rings is 1. The lowest BCUT2D eigenvalue weighted by atomic mass is 10.1. The average Bonchev–Trinajstić information content (AvgIpc) is 2.01. The van der Waals surface area contributed by atoms with Crippen LogP contribution in [0.2, 0.25) is 0 Å². The first-order valence-corrected chi connectivity index (χ1v) is 4.39. The minimum Gasteiger partial charge on any atom is -0.316 e. The van der Waals surface area contributed by atoms with Gasteiger partial charge in [-0.05, 0) is 12.1 Å². The Labute approximate surface area is 98.2 Å². The molecule has 0 saturated heterocycles. The fourth-order valence-corrected chi connectivity index (χ4v) is 1.56. The third-order valence-corrected chi connectivity index (χ3v) is 2.35. The van der Waals surface area contributed by atoms with E-state index >= 15 is 0 Å². The first-order chi connectivity index (χ1) is 6.34. The summed E-state index contributed by atoms with van der Waals surface area (Å²) in [6.45, 7) is 0. The van der Waals surface area contributed by atoms with Crippen molar-refractivity contribution >= 4 is 28.3 Å². The second-order valence-corrected chi connectivity index (χ2v) is 3.51. The topological polar surface area (TPSA) is 26.0 Å². The van der Waals surface area contributed by atoms with Crippen molar-refractivity contribution in [2.75, 3.05) is 0 Å². The second-order valence-electron chi connectivity index (χ2n) is 2.65. The molecule has 1 atom stereocenters. The number of nitrogens with two attached hydrogens (primary N) is 1. The highest BCUT2D eigenvalue weighted by molar-refractivity contribution is 9.10. The SMILES string of the molecule is Cl.N[C@H](c1c(F)cccc1Br)C(F)(F)F. The van der Waals surface area contributed by atoms with Gasteiger partial charge < -0.3 is 5.73 Å². The molecule has 0 aliphatic heterocycles.